The van der Waals surface area contributed by atoms with Crippen molar-refractivity contribution < 1.29 is 19.8 Å². The first-order valence-corrected chi connectivity index (χ1v) is 15.8. The van der Waals surface area contributed by atoms with E-state index >= 15 is 0 Å². The highest BCUT2D eigenvalue weighted by Gasteiger charge is 2.38. The Morgan fingerprint density at radius 3 is 1.75 bits per heavy atom. The van der Waals surface area contributed by atoms with Gasteiger partial charge in [-0.15, -0.1) is 0 Å². The molecule has 0 aliphatic heterocycles. The average molecular weight is 599 g/mol. The van der Waals surface area contributed by atoms with Crippen LogP contribution in [-0.4, -0.2) is 22.2 Å². The molecule has 0 aromatic heterocycles. The Bertz CT molecular complexity index is 1390. The van der Waals surface area contributed by atoms with E-state index in [4.69, 9.17) is 10.2 Å². The first kappa shape index (κ1) is 36.5. The molecule has 238 valence electrons. The lowest BCUT2D eigenvalue weighted by Gasteiger charge is -2.43. The van der Waals surface area contributed by atoms with Crippen molar-refractivity contribution in [2.45, 2.75) is 101 Å². The molecule has 2 N–H and O–H groups in total. The minimum atomic E-state index is -0.931. The lowest BCUT2D eigenvalue weighted by atomic mass is 9.61. The summed E-state index contributed by atoms with van der Waals surface area (Å²) in [5.41, 5.74) is 9.78. The molecule has 4 heteroatoms. The van der Waals surface area contributed by atoms with E-state index in [-0.39, 0.29) is 10.8 Å². The van der Waals surface area contributed by atoms with Gasteiger partial charge in [-0.25, -0.2) is 9.59 Å². The molecular formula is C40H54O4. The van der Waals surface area contributed by atoms with Crippen molar-refractivity contribution in [2.75, 3.05) is 0 Å². The fourth-order valence-electron chi connectivity index (χ4n) is 6.61. The number of aliphatic carboxylic acids is 2. The molecule has 0 spiro atoms. The monoisotopic (exact) mass is 598 g/mol. The lowest BCUT2D eigenvalue weighted by molar-refractivity contribution is -0.132. The van der Waals surface area contributed by atoms with Gasteiger partial charge in [-0.05, 0) is 119 Å². The Labute approximate surface area is 266 Å². The Kier molecular flexibility index (Phi) is 13.6. The van der Waals surface area contributed by atoms with Crippen LogP contribution < -0.4 is 0 Å². The number of hydrogen-bond acceptors (Lipinski definition) is 2. The summed E-state index contributed by atoms with van der Waals surface area (Å²) < 4.78 is 0. The highest BCUT2D eigenvalue weighted by Crippen LogP contribution is 2.51. The maximum Gasteiger partial charge on any atom is 0.328 e. The van der Waals surface area contributed by atoms with Crippen LogP contribution in [-0.2, 0) is 9.59 Å². The van der Waals surface area contributed by atoms with Crippen molar-refractivity contribution in [3.8, 4) is 0 Å². The summed E-state index contributed by atoms with van der Waals surface area (Å²) in [5.74, 6) is -1.33. The topological polar surface area (TPSA) is 74.6 Å². The van der Waals surface area contributed by atoms with Crippen LogP contribution in [0.5, 0.6) is 0 Å². The maximum absolute atomic E-state index is 10.9. The summed E-state index contributed by atoms with van der Waals surface area (Å²) in [5, 5.41) is 17.8. The zero-order chi connectivity index (χ0) is 33.1. The molecule has 0 bridgehead atoms. The average Bonchev–Trinajstić information content (AvgIpc) is 2.89. The molecule has 0 aromatic rings. The fourth-order valence-corrected chi connectivity index (χ4v) is 6.61. The number of carbonyl (C=O) groups is 2. The van der Waals surface area contributed by atoms with E-state index < -0.39 is 11.9 Å². The van der Waals surface area contributed by atoms with Crippen LogP contribution in [0, 0.1) is 16.7 Å². The van der Waals surface area contributed by atoms with Crippen molar-refractivity contribution in [1.82, 2.24) is 0 Å². The molecule has 0 amide bonds. The number of allylic oxidation sites excluding steroid dienone is 18. The molecule has 0 aromatic carbocycles. The van der Waals surface area contributed by atoms with Gasteiger partial charge in [0.25, 0.3) is 0 Å². The molecular weight excluding hydrogens is 544 g/mol. The van der Waals surface area contributed by atoms with Gasteiger partial charge < -0.3 is 10.2 Å². The third kappa shape index (κ3) is 11.4. The molecule has 0 fully saturated rings. The number of carboxylic acid groups (broad SMARTS) is 2. The van der Waals surface area contributed by atoms with Crippen LogP contribution in [0.15, 0.2) is 117 Å². The zero-order valence-corrected chi connectivity index (χ0v) is 28.5. The predicted molar refractivity (Wildman–Crippen MR) is 185 cm³/mol. The SMILES string of the molecule is CC1=C(/C=C/C(C)=C/C=C/C(C)=C\C(=O)O)C(C)(CC2CCC(C)(C)C(/C=C/C(C)=C/C=C/C(C)=C/C(=O)O)=C2C)CCC1. The van der Waals surface area contributed by atoms with Crippen LogP contribution in [0.4, 0.5) is 0 Å². The first-order valence-electron chi connectivity index (χ1n) is 15.8. The van der Waals surface area contributed by atoms with Gasteiger partial charge in [0.1, 0.15) is 0 Å². The van der Waals surface area contributed by atoms with E-state index in [9.17, 15) is 9.59 Å². The molecule has 44 heavy (non-hydrogen) atoms. The van der Waals surface area contributed by atoms with E-state index in [1.807, 2.05) is 36.5 Å². The van der Waals surface area contributed by atoms with Crippen molar-refractivity contribution in [2.24, 2.45) is 16.7 Å². The normalized spacial score (nSPS) is 24.5. The van der Waals surface area contributed by atoms with Gasteiger partial charge in [0.05, 0.1) is 0 Å². The molecule has 2 unspecified atom stereocenters. The van der Waals surface area contributed by atoms with Gasteiger partial charge >= 0.3 is 11.9 Å². The number of carboxylic acids is 2. The summed E-state index contributed by atoms with van der Waals surface area (Å²) in [6.07, 6.45) is 30.0. The third-order valence-electron chi connectivity index (χ3n) is 9.14. The van der Waals surface area contributed by atoms with Crippen molar-refractivity contribution in [1.29, 1.82) is 0 Å². The van der Waals surface area contributed by atoms with Crippen molar-refractivity contribution in [3.05, 3.63) is 117 Å². The van der Waals surface area contributed by atoms with Crippen molar-refractivity contribution >= 4 is 11.9 Å². The summed E-state index contributed by atoms with van der Waals surface area (Å²) in [4.78, 5) is 21.7. The van der Waals surface area contributed by atoms with Crippen LogP contribution >= 0.6 is 0 Å². The number of rotatable bonds is 12. The summed E-state index contributed by atoms with van der Waals surface area (Å²) in [6, 6.07) is 0. The quantitative estimate of drug-likeness (QED) is 0.173. The molecule has 0 radical (unpaired) electrons. The van der Waals surface area contributed by atoms with Gasteiger partial charge in [-0.3, -0.25) is 0 Å². The van der Waals surface area contributed by atoms with E-state index in [0.717, 1.165) is 30.4 Å². The van der Waals surface area contributed by atoms with Gasteiger partial charge in [0, 0.05) is 12.2 Å². The minimum absolute atomic E-state index is 0.111. The summed E-state index contributed by atoms with van der Waals surface area (Å²) >= 11 is 0. The van der Waals surface area contributed by atoms with Crippen LogP contribution in [0.2, 0.25) is 0 Å². The highest BCUT2D eigenvalue weighted by molar-refractivity contribution is 5.81. The highest BCUT2D eigenvalue weighted by atomic mass is 16.4. The van der Waals surface area contributed by atoms with E-state index in [0.29, 0.717) is 17.1 Å². The second-order valence-corrected chi connectivity index (χ2v) is 13.7. The van der Waals surface area contributed by atoms with Gasteiger partial charge in [-0.2, -0.15) is 0 Å². The van der Waals surface area contributed by atoms with Crippen LogP contribution in [0.3, 0.4) is 0 Å². The summed E-state index contributed by atoms with van der Waals surface area (Å²) in [7, 11) is 0. The fraction of sp³-hybridized carbons (Fsp3) is 0.450. The van der Waals surface area contributed by atoms with E-state index in [1.165, 1.54) is 53.7 Å². The predicted octanol–water partition coefficient (Wildman–Crippen LogP) is 10.8. The molecule has 2 aliphatic rings. The minimum Gasteiger partial charge on any atom is -0.478 e. The molecule has 2 aliphatic carbocycles. The second kappa shape index (κ2) is 16.4. The summed E-state index contributed by atoms with van der Waals surface area (Å²) in [6.45, 7) is 19.5. The second-order valence-electron chi connectivity index (χ2n) is 13.7. The third-order valence-corrected chi connectivity index (χ3v) is 9.14. The van der Waals surface area contributed by atoms with Crippen molar-refractivity contribution in [3.63, 3.8) is 0 Å². The molecule has 4 nitrogen and oxygen atoms in total. The molecule has 0 heterocycles. The van der Waals surface area contributed by atoms with Crippen LogP contribution in [0.1, 0.15) is 101 Å². The first-order chi connectivity index (χ1) is 20.5. The number of hydrogen-bond donors (Lipinski definition) is 2. The smallest absolute Gasteiger partial charge is 0.328 e. The Hall–Kier alpha value is -3.66. The molecule has 2 atom stereocenters. The zero-order valence-electron chi connectivity index (χ0n) is 28.5. The molecule has 0 saturated heterocycles. The van der Waals surface area contributed by atoms with Crippen LogP contribution in [0.25, 0.3) is 0 Å². The largest absolute Gasteiger partial charge is 0.478 e. The van der Waals surface area contributed by atoms with Gasteiger partial charge in [0.2, 0.25) is 0 Å². The van der Waals surface area contributed by atoms with E-state index in [1.54, 1.807) is 13.8 Å². The Morgan fingerprint density at radius 2 is 1.25 bits per heavy atom. The lowest BCUT2D eigenvalue weighted by Crippen LogP contribution is -2.31. The molecule has 0 saturated carbocycles. The molecule has 2 rings (SSSR count). The Balaban J connectivity index is 2.30. The van der Waals surface area contributed by atoms with Gasteiger partial charge in [0.15, 0.2) is 0 Å². The maximum atomic E-state index is 10.9. The van der Waals surface area contributed by atoms with E-state index in [2.05, 4.69) is 72.8 Å². The van der Waals surface area contributed by atoms with Gasteiger partial charge in [-0.1, -0.05) is 104 Å². The Morgan fingerprint density at radius 1 is 0.750 bits per heavy atom. The standard InChI is InChI=1S/C40H54O4/c1-28(13-10-15-30(3)25-37(41)42)18-20-35-32(5)17-12-23-40(35,9)27-34-22-24-39(7,8)36(33(34)6)21-19-29(2)14-11-16-31(4)26-38(43)44/h10-11,13-16,18-21,25-26,34H,12,17,22-24,27H2,1-9H3,(H,41,42)(H,43,44)/b15-10+,16-11+,20-18+,21-19+,28-13+,29-14+,30-25-,31-26+.